The number of hydrogen-bond acceptors (Lipinski definition) is 2. The molecule has 0 spiro atoms. The molecule has 1 saturated heterocycles. The van der Waals surface area contributed by atoms with Crippen LogP contribution < -0.4 is 0 Å². The van der Waals surface area contributed by atoms with Gasteiger partial charge in [0.15, 0.2) is 0 Å². The van der Waals surface area contributed by atoms with Gasteiger partial charge in [0.1, 0.15) is 4.64 Å². The van der Waals surface area contributed by atoms with Crippen LogP contribution in [0.3, 0.4) is 0 Å². The smallest absolute Gasteiger partial charge is 0.108 e. The Bertz CT molecular complexity index is 384. The largest absolute Gasteiger partial charge is 0.353 e. The van der Waals surface area contributed by atoms with Crippen LogP contribution in [-0.4, -0.2) is 23.0 Å². The molecule has 0 radical (unpaired) electrons. The summed E-state index contributed by atoms with van der Waals surface area (Å²) in [6.07, 6.45) is 7.05. The first-order valence-electron chi connectivity index (χ1n) is 6.24. The summed E-state index contributed by atoms with van der Waals surface area (Å²) >= 11 is 5.39. The minimum Gasteiger partial charge on any atom is -0.353 e. The molecule has 1 atom stereocenters. The topological polar surface area (TPSA) is 19.0 Å². The van der Waals surface area contributed by atoms with Gasteiger partial charge in [0.25, 0.3) is 0 Å². The van der Waals surface area contributed by atoms with E-state index in [4.69, 9.17) is 12.2 Å². The van der Waals surface area contributed by atoms with Crippen molar-refractivity contribution in [3.8, 4) is 0 Å². The molecule has 0 bridgehead atoms. The zero-order valence-corrected chi connectivity index (χ0v) is 10.7. The van der Waals surface area contributed by atoms with Crippen LogP contribution in [0.4, 0.5) is 0 Å². The Hall–Kier alpha value is -0.670. The van der Waals surface area contributed by atoms with E-state index < -0.39 is 0 Å². The van der Waals surface area contributed by atoms with Crippen molar-refractivity contribution in [1.82, 2.24) is 9.88 Å². The van der Waals surface area contributed by atoms with E-state index in [9.17, 15) is 0 Å². The Balaban J connectivity index is 2.23. The minimum absolute atomic E-state index is 0.540. The molecule has 0 aromatic carbocycles. The predicted molar refractivity (Wildman–Crippen MR) is 70.1 cm³/mol. The highest BCUT2D eigenvalue weighted by molar-refractivity contribution is 7.71. The lowest BCUT2D eigenvalue weighted by Crippen LogP contribution is -2.34. The van der Waals surface area contributed by atoms with Gasteiger partial charge in [-0.15, -0.1) is 0 Å². The molecule has 1 aliphatic rings. The fourth-order valence-corrected chi connectivity index (χ4v) is 2.87. The van der Waals surface area contributed by atoms with Crippen molar-refractivity contribution < 1.29 is 0 Å². The van der Waals surface area contributed by atoms with E-state index in [1.807, 2.05) is 6.20 Å². The van der Waals surface area contributed by atoms with Gasteiger partial charge in [0, 0.05) is 17.8 Å². The number of likely N-dealkylation sites (tertiary alicyclic amines) is 1. The molecular formula is C13H20N2S. The highest BCUT2D eigenvalue weighted by Crippen LogP contribution is 2.30. The van der Waals surface area contributed by atoms with Crippen molar-refractivity contribution in [2.45, 2.75) is 38.6 Å². The highest BCUT2D eigenvalue weighted by atomic mass is 32.1. The molecule has 0 unspecified atom stereocenters. The lowest BCUT2D eigenvalue weighted by atomic mass is 9.96. The normalized spacial score (nSPS) is 22.2. The van der Waals surface area contributed by atoms with E-state index in [0.29, 0.717) is 6.04 Å². The molecule has 1 aliphatic heterocycles. The first kappa shape index (κ1) is 11.8. The van der Waals surface area contributed by atoms with E-state index in [1.54, 1.807) is 0 Å². The third-order valence-corrected chi connectivity index (χ3v) is 3.69. The summed E-state index contributed by atoms with van der Waals surface area (Å²) in [5.74, 6) is 0. The predicted octanol–water partition coefficient (Wildman–Crippen LogP) is 3.68. The second kappa shape index (κ2) is 5.60. The number of pyridine rings is 1. The van der Waals surface area contributed by atoms with E-state index in [0.717, 1.165) is 4.64 Å². The number of piperidine rings is 1. The quantitative estimate of drug-likeness (QED) is 0.807. The minimum atomic E-state index is 0.540. The molecule has 1 aromatic rings. The average Bonchev–Trinajstić information content (AvgIpc) is 2.31. The second-order valence-corrected chi connectivity index (χ2v) is 4.91. The first-order chi connectivity index (χ1) is 7.83. The van der Waals surface area contributed by atoms with Gasteiger partial charge in [-0.1, -0.05) is 31.6 Å². The van der Waals surface area contributed by atoms with Crippen LogP contribution in [0.25, 0.3) is 0 Å². The van der Waals surface area contributed by atoms with Crippen molar-refractivity contribution in [3.63, 3.8) is 0 Å². The van der Waals surface area contributed by atoms with Gasteiger partial charge in [-0.2, -0.15) is 0 Å². The number of nitrogens with one attached hydrogen (secondary N) is 1. The molecule has 3 heteroatoms. The van der Waals surface area contributed by atoms with Gasteiger partial charge >= 0.3 is 0 Å². The lowest BCUT2D eigenvalue weighted by molar-refractivity contribution is 0.148. The maximum atomic E-state index is 5.39. The number of H-pyrrole nitrogens is 1. The van der Waals surface area contributed by atoms with Gasteiger partial charge in [0.05, 0.1) is 0 Å². The molecule has 2 nitrogen and oxygen atoms in total. The Morgan fingerprint density at radius 3 is 3.12 bits per heavy atom. The molecule has 88 valence electrons. The fraction of sp³-hybridized carbons (Fsp3) is 0.615. The van der Waals surface area contributed by atoms with Crippen LogP contribution in [0.1, 0.15) is 44.2 Å². The second-order valence-electron chi connectivity index (χ2n) is 4.50. The summed E-state index contributed by atoms with van der Waals surface area (Å²) in [4.78, 5) is 5.73. The average molecular weight is 236 g/mol. The summed E-state index contributed by atoms with van der Waals surface area (Å²) in [7, 11) is 0. The van der Waals surface area contributed by atoms with Crippen LogP contribution in [0, 0.1) is 4.64 Å². The number of aromatic nitrogens is 1. The third kappa shape index (κ3) is 2.53. The molecule has 16 heavy (non-hydrogen) atoms. The summed E-state index contributed by atoms with van der Waals surface area (Å²) in [5, 5.41) is 0. The molecule has 2 heterocycles. The molecule has 0 amide bonds. The Morgan fingerprint density at radius 1 is 1.50 bits per heavy atom. The number of rotatable bonds is 3. The van der Waals surface area contributed by atoms with Crippen molar-refractivity contribution in [1.29, 1.82) is 0 Å². The van der Waals surface area contributed by atoms with Crippen LogP contribution in [0.2, 0.25) is 0 Å². The van der Waals surface area contributed by atoms with Crippen LogP contribution >= 0.6 is 12.2 Å². The maximum absolute atomic E-state index is 5.39. The van der Waals surface area contributed by atoms with Crippen LogP contribution in [0.5, 0.6) is 0 Å². The summed E-state index contributed by atoms with van der Waals surface area (Å²) in [6.45, 7) is 4.66. The van der Waals surface area contributed by atoms with E-state index in [2.05, 4.69) is 28.9 Å². The summed E-state index contributed by atoms with van der Waals surface area (Å²) in [5.41, 5.74) is 1.31. The Morgan fingerprint density at radius 2 is 2.38 bits per heavy atom. The van der Waals surface area contributed by atoms with Gasteiger partial charge in [-0.25, -0.2) is 0 Å². The van der Waals surface area contributed by atoms with E-state index in [-0.39, 0.29) is 0 Å². The molecule has 1 fully saturated rings. The molecule has 0 saturated carbocycles. The lowest BCUT2D eigenvalue weighted by Gasteiger charge is -2.35. The monoisotopic (exact) mass is 236 g/mol. The summed E-state index contributed by atoms with van der Waals surface area (Å²) < 4.78 is 0.913. The number of aromatic amines is 1. The van der Waals surface area contributed by atoms with E-state index >= 15 is 0 Å². The molecular weight excluding hydrogens is 216 g/mol. The number of nitrogens with zero attached hydrogens (tertiary/aromatic N) is 1. The van der Waals surface area contributed by atoms with E-state index in [1.165, 1.54) is 44.3 Å². The Kier molecular flexibility index (Phi) is 4.13. The maximum Gasteiger partial charge on any atom is 0.108 e. The van der Waals surface area contributed by atoms with Crippen molar-refractivity contribution in [2.75, 3.05) is 13.1 Å². The van der Waals surface area contributed by atoms with Crippen LogP contribution in [-0.2, 0) is 0 Å². The zero-order chi connectivity index (χ0) is 11.4. The first-order valence-corrected chi connectivity index (χ1v) is 6.65. The number of hydrogen-bond donors (Lipinski definition) is 1. The van der Waals surface area contributed by atoms with Crippen molar-refractivity contribution in [3.05, 3.63) is 28.5 Å². The molecule has 1 N–H and O–H groups in total. The van der Waals surface area contributed by atoms with Gasteiger partial charge < -0.3 is 4.98 Å². The fourth-order valence-electron chi connectivity index (χ4n) is 2.60. The van der Waals surface area contributed by atoms with Crippen molar-refractivity contribution >= 4 is 12.2 Å². The zero-order valence-electron chi connectivity index (χ0n) is 9.91. The molecule has 0 aliphatic carbocycles. The van der Waals surface area contributed by atoms with Crippen LogP contribution in [0.15, 0.2) is 18.3 Å². The highest BCUT2D eigenvalue weighted by Gasteiger charge is 2.23. The van der Waals surface area contributed by atoms with Gasteiger partial charge in [0.2, 0.25) is 0 Å². The molecule has 2 rings (SSSR count). The third-order valence-electron chi connectivity index (χ3n) is 3.33. The summed E-state index contributed by atoms with van der Waals surface area (Å²) in [6, 6.07) is 4.78. The Labute approximate surface area is 103 Å². The van der Waals surface area contributed by atoms with Gasteiger partial charge in [-0.3, -0.25) is 4.90 Å². The molecule has 1 aromatic heterocycles. The standard InChI is InChI=1S/C13H20N2S/c1-2-9-15-10-4-3-7-12(15)11-6-5-8-14-13(11)16/h5-6,8,12H,2-4,7,9-10H2,1H3,(H,14,16)/t12-/m1/s1. The van der Waals surface area contributed by atoms with Gasteiger partial charge in [-0.05, 0) is 38.4 Å². The SMILES string of the molecule is CCCN1CCCC[C@@H]1c1ccc[nH]c1=S. The van der Waals surface area contributed by atoms with Crippen molar-refractivity contribution in [2.24, 2.45) is 0 Å².